The van der Waals surface area contributed by atoms with Gasteiger partial charge in [0, 0.05) is 5.56 Å². The van der Waals surface area contributed by atoms with Crippen LogP contribution >= 0.6 is 0 Å². The second-order valence-electron chi connectivity index (χ2n) is 4.86. The van der Waals surface area contributed by atoms with Crippen LogP contribution in [0.2, 0.25) is 0 Å². The molecule has 0 bridgehead atoms. The van der Waals surface area contributed by atoms with E-state index in [2.05, 4.69) is 20.3 Å². The standard InChI is InChI=1S/C16H13N5O4/c17-16(22)19-18-10-11-6-8-13(9-7-11)24-15-14(21(23)25-20-15)12-4-2-1-3-5-12/h1-10H,(H3,17,19,22)/b18-10+. The first-order valence-electron chi connectivity index (χ1n) is 7.15. The van der Waals surface area contributed by atoms with E-state index < -0.39 is 6.03 Å². The first kappa shape index (κ1) is 16.0. The van der Waals surface area contributed by atoms with Crippen LogP contribution in [0.1, 0.15) is 5.56 Å². The average molecular weight is 339 g/mol. The van der Waals surface area contributed by atoms with E-state index in [4.69, 9.17) is 10.5 Å². The summed E-state index contributed by atoms with van der Waals surface area (Å²) in [5, 5.41) is 19.1. The highest BCUT2D eigenvalue weighted by Crippen LogP contribution is 2.28. The van der Waals surface area contributed by atoms with E-state index in [0.717, 1.165) is 0 Å². The summed E-state index contributed by atoms with van der Waals surface area (Å²) in [6.07, 6.45) is 1.42. The second-order valence-corrected chi connectivity index (χ2v) is 4.86. The highest BCUT2D eigenvalue weighted by atomic mass is 16.8. The molecular weight excluding hydrogens is 326 g/mol. The molecule has 0 unspecified atom stereocenters. The molecule has 0 saturated carbocycles. The van der Waals surface area contributed by atoms with Crippen molar-refractivity contribution in [1.82, 2.24) is 10.6 Å². The summed E-state index contributed by atoms with van der Waals surface area (Å²) in [6, 6.07) is 14.9. The minimum Gasteiger partial charge on any atom is -0.416 e. The summed E-state index contributed by atoms with van der Waals surface area (Å²) in [7, 11) is 0. The fraction of sp³-hybridized carbons (Fsp3) is 0. The molecule has 3 aromatic rings. The molecule has 2 aromatic carbocycles. The van der Waals surface area contributed by atoms with Crippen molar-refractivity contribution in [3.05, 3.63) is 65.4 Å². The number of rotatable bonds is 5. The second kappa shape index (κ2) is 7.13. The Balaban J connectivity index is 1.77. The van der Waals surface area contributed by atoms with Gasteiger partial charge >= 0.3 is 11.9 Å². The number of nitrogens with zero attached hydrogens (tertiary/aromatic N) is 3. The predicted molar refractivity (Wildman–Crippen MR) is 87.7 cm³/mol. The molecule has 1 aromatic heterocycles. The highest BCUT2D eigenvalue weighted by molar-refractivity contribution is 5.81. The fourth-order valence-electron chi connectivity index (χ4n) is 2.03. The van der Waals surface area contributed by atoms with E-state index in [9.17, 15) is 10.0 Å². The van der Waals surface area contributed by atoms with Gasteiger partial charge in [-0.25, -0.2) is 10.2 Å². The maximum atomic E-state index is 11.8. The van der Waals surface area contributed by atoms with Gasteiger partial charge in [0.05, 0.1) is 11.4 Å². The summed E-state index contributed by atoms with van der Waals surface area (Å²) in [5.41, 5.74) is 8.51. The lowest BCUT2D eigenvalue weighted by Crippen LogP contribution is -2.25. The summed E-state index contributed by atoms with van der Waals surface area (Å²) in [4.78, 5) is 10.8. The lowest BCUT2D eigenvalue weighted by atomic mass is 10.2. The zero-order valence-corrected chi connectivity index (χ0v) is 12.8. The maximum Gasteiger partial charge on any atom is 0.408 e. The Morgan fingerprint density at radius 3 is 2.64 bits per heavy atom. The van der Waals surface area contributed by atoms with Crippen molar-refractivity contribution in [1.29, 1.82) is 0 Å². The Labute approximate surface area is 141 Å². The van der Waals surface area contributed by atoms with Crippen LogP contribution in [0.5, 0.6) is 11.6 Å². The number of amides is 2. The lowest BCUT2D eigenvalue weighted by Gasteiger charge is -2.02. The highest BCUT2D eigenvalue weighted by Gasteiger charge is 2.23. The van der Waals surface area contributed by atoms with E-state index in [1.54, 1.807) is 48.5 Å². The van der Waals surface area contributed by atoms with Gasteiger partial charge in [-0.15, -0.1) is 0 Å². The number of urea groups is 1. The van der Waals surface area contributed by atoms with E-state index >= 15 is 0 Å². The van der Waals surface area contributed by atoms with Gasteiger partial charge in [0.25, 0.3) is 5.69 Å². The molecule has 0 fully saturated rings. The van der Waals surface area contributed by atoms with Gasteiger partial charge in [0.15, 0.2) is 0 Å². The van der Waals surface area contributed by atoms with Gasteiger partial charge in [0.1, 0.15) is 5.75 Å². The van der Waals surface area contributed by atoms with Crippen molar-refractivity contribution in [2.24, 2.45) is 10.8 Å². The first-order valence-corrected chi connectivity index (χ1v) is 7.15. The Bertz CT molecular complexity index is 891. The third-order valence-corrected chi connectivity index (χ3v) is 3.11. The number of hydrogen-bond acceptors (Lipinski definition) is 6. The number of nitrogens with two attached hydrogens (primary N) is 1. The van der Waals surface area contributed by atoms with Crippen LogP contribution in [0.25, 0.3) is 11.3 Å². The summed E-state index contributed by atoms with van der Waals surface area (Å²) >= 11 is 0. The Morgan fingerprint density at radius 2 is 1.96 bits per heavy atom. The van der Waals surface area contributed by atoms with Crippen molar-refractivity contribution < 1.29 is 19.1 Å². The van der Waals surface area contributed by atoms with Crippen molar-refractivity contribution >= 4 is 12.2 Å². The van der Waals surface area contributed by atoms with Crippen LogP contribution < -0.4 is 20.8 Å². The first-order chi connectivity index (χ1) is 12.1. The molecule has 9 nitrogen and oxygen atoms in total. The van der Waals surface area contributed by atoms with Gasteiger partial charge in [-0.1, -0.05) is 30.3 Å². The molecule has 0 saturated heterocycles. The number of carbonyl (C=O) groups is 1. The topological polar surface area (TPSA) is 130 Å². The van der Waals surface area contributed by atoms with E-state index in [0.29, 0.717) is 21.8 Å². The van der Waals surface area contributed by atoms with Crippen molar-refractivity contribution in [2.75, 3.05) is 0 Å². The Hall–Kier alpha value is -3.88. The molecule has 126 valence electrons. The Morgan fingerprint density at radius 1 is 1.24 bits per heavy atom. The quantitative estimate of drug-likeness (QED) is 0.416. The average Bonchev–Trinajstić information content (AvgIpc) is 2.97. The van der Waals surface area contributed by atoms with Crippen LogP contribution in [-0.2, 0) is 0 Å². The van der Waals surface area contributed by atoms with Crippen LogP contribution in [0.3, 0.4) is 0 Å². The minimum atomic E-state index is -0.749. The molecular formula is C16H13N5O4. The fourth-order valence-corrected chi connectivity index (χ4v) is 2.03. The molecule has 9 heteroatoms. The van der Waals surface area contributed by atoms with E-state index in [-0.39, 0.29) is 11.6 Å². The monoisotopic (exact) mass is 339 g/mol. The molecule has 3 rings (SSSR count). The SMILES string of the molecule is NC(=O)N/N=C/c1ccc(Oc2no[n+]([O-])c2-c2ccccc2)cc1. The van der Waals surface area contributed by atoms with Gasteiger partial charge in [-0.05, 0) is 34.7 Å². The number of hydrogen-bond donors (Lipinski definition) is 2. The number of ether oxygens (including phenoxy) is 1. The summed E-state index contributed by atoms with van der Waals surface area (Å²) in [6.45, 7) is 0. The van der Waals surface area contributed by atoms with E-state index in [1.165, 1.54) is 6.21 Å². The minimum absolute atomic E-state index is 0.0537. The molecule has 2 amide bonds. The zero-order chi connectivity index (χ0) is 17.6. The third kappa shape index (κ3) is 3.91. The zero-order valence-electron chi connectivity index (χ0n) is 12.8. The normalized spacial score (nSPS) is 10.7. The summed E-state index contributed by atoms with van der Waals surface area (Å²) in [5.74, 6) is 0.504. The number of benzene rings is 2. The number of aromatic nitrogens is 2. The van der Waals surface area contributed by atoms with Crippen molar-refractivity contribution in [3.63, 3.8) is 0 Å². The molecule has 25 heavy (non-hydrogen) atoms. The molecule has 0 radical (unpaired) electrons. The van der Waals surface area contributed by atoms with Crippen LogP contribution in [0, 0.1) is 5.21 Å². The number of primary amides is 1. The van der Waals surface area contributed by atoms with Crippen LogP contribution in [0.15, 0.2) is 64.3 Å². The molecule has 0 aliphatic rings. The van der Waals surface area contributed by atoms with Crippen molar-refractivity contribution in [2.45, 2.75) is 0 Å². The van der Waals surface area contributed by atoms with Gasteiger partial charge in [0.2, 0.25) is 0 Å². The number of hydrazone groups is 1. The summed E-state index contributed by atoms with van der Waals surface area (Å²) < 4.78 is 10.3. The lowest BCUT2D eigenvalue weighted by molar-refractivity contribution is -0.793. The maximum absolute atomic E-state index is 11.8. The third-order valence-electron chi connectivity index (χ3n) is 3.11. The molecule has 0 aliphatic carbocycles. The van der Waals surface area contributed by atoms with E-state index in [1.807, 2.05) is 6.07 Å². The predicted octanol–water partition coefficient (Wildman–Crippen LogP) is 1.77. The molecule has 0 aliphatic heterocycles. The molecule has 1 heterocycles. The van der Waals surface area contributed by atoms with Gasteiger partial charge < -0.3 is 15.7 Å². The van der Waals surface area contributed by atoms with Crippen molar-refractivity contribution in [3.8, 4) is 22.9 Å². The molecule has 0 spiro atoms. The van der Waals surface area contributed by atoms with Gasteiger partial charge in [-0.2, -0.15) is 5.10 Å². The van der Waals surface area contributed by atoms with Crippen LogP contribution in [-0.4, -0.2) is 17.4 Å². The molecule has 3 N–H and O–H groups in total. The number of nitrogens with one attached hydrogen (secondary N) is 1. The van der Waals surface area contributed by atoms with Gasteiger partial charge in [-0.3, -0.25) is 4.63 Å². The molecule has 0 atom stereocenters. The number of carbonyl (C=O) groups excluding carboxylic acids is 1. The van der Waals surface area contributed by atoms with Crippen LogP contribution in [0.4, 0.5) is 4.79 Å². The Kier molecular flexibility index (Phi) is 4.56. The smallest absolute Gasteiger partial charge is 0.408 e. The largest absolute Gasteiger partial charge is 0.416 e.